The van der Waals surface area contributed by atoms with Crippen LogP contribution in [0.15, 0.2) is 70.6 Å². The first-order chi connectivity index (χ1) is 26.9. The molecule has 2 aromatic carbocycles. The summed E-state index contributed by atoms with van der Waals surface area (Å²) >= 11 is 1.21. The van der Waals surface area contributed by atoms with Crippen LogP contribution in [0.3, 0.4) is 0 Å². The molecule has 302 valence electrons. The predicted molar refractivity (Wildman–Crippen MR) is 232 cm³/mol. The van der Waals surface area contributed by atoms with E-state index in [9.17, 15) is 9.59 Å². The molecule has 10 nitrogen and oxygen atoms in total. The van der Waals surface area contributed by atoms with Crippen LogP contribution in [0.1, 0.15) is 139 Å². The summed E-state index contributed by atoms with van der Waals surface area (Å²) in [6, 6.07) is 19.9. The van der Waals surface area contributed by atoms with Gasteiger partial charge >= 0.3 is 11.9 Å². The first-order valence-corrected chi connectivity index (χ1v) is 21.5. The number of benzene rings is 2. The van der Waals surface area contributed by atoms with Crippen molar-refractivity contribution in [3.05, 3.63) is 71.8 Å². The molecule has 0 aliphatic heterocycles. The highest BCUT2D eigenvalue weighted by Gasteiger charge is 2.32. The number of hydrogen-bond donors (Lipinski definition) is 2. The number of ether oxygens (including phenoxy) is 2. The van der Waals surface area contributed by atoms with Crippen molar-refractivity contribution in [2.24, 2.45) is 9.98 Å². The van der Waals surface area contributed by atoms with Crippen LogP contribution in [-0.4, -0.2) is 73.1 Å². The van der Waals surface area contributed by atoms with E-state index in [0.717, 1.165) is 115 Å². The van der Waals surface area contributed by atoms with Gasteiger partial charge in [0.05, 0.1) is 13.2 Å². The molecule has 0 aliphatic carbocycles. The van der Waals surface area contributed by atoms with Crippen molar-refractivity contribution in [3.8, 4) is 0 Å². The highest BCUT2D eigenvalue weighted by atomic mass is 32.1. The number of aliphatic imine (C=N–C) groups is 2. The van der Waals surface area contributed by atoms with Crippen molar-refractivity contribution in [1.82, 2.24) is 9.80 Å². The fourth-order valence-electron chi connectivity index (χ4n) is 6.06. The zero-order chi connectivity index (χ0) is 39.7. The minimum absolute atomic E-state index is 0.0704. The Morgan fingerprint density at radius 2 is 0.855 bits per heavy atom. The molecule has 0 atom stereocenters. The SMILES string of the molecule is CCCCCN(CCCCC)/C(=N\c1sc(/N=C(\Nc2ccccc2)N(CCCCC)CCCCC)c(C(=O)OCC)c1C(=O)OCC)Nc1ccccc1. The van der Waals surface area contributed by atoms with E-state index < -0.39 is 11.9 Å². The topological polar surface area (TPSA) is 108 Å². The van der Waals surface area contributed by atoms with Gasteiger partial charge in [0.15, 0.2) is 0 Å². The Labute approximate surface area is 334 Å². The molecule has 2 N–H and O–H groups in total. The van der Waals surface area contributed by atoms with E-state index in [1.54, 1.807) is 13.8 Å². The summed E-state index contributed by atoms with van der Waals surface area (Å²) in [6.07, 6.45) is 12.7. The van der Waals surface area contributed by atoms with Crippen molar-refractivity contribution in [1.29, 1.82) is 0 Å². The number of nitrogens with zero attached hydrogens (tertiary/aromatic N) is 4. The van der Waals surface area contributed by atoms with E-state index in [1.807, 2.05) is 60.7 Å². The van der Waals surface area contributed by atoms with Gasteiger partial charge in [-0.05, 0) is 63.8 Å². The van der Waals surface area contributed by atoms with Crippen LogP contribution in [0.5, 0.6) is 0 Å². The van der Waals surface area contributed by atoms with E-state index in [4.69, 9.17) is 19.5 Å². The molecule has 0 spiro atoms. The van der Waals surface area contributed by atoms with Gasteiger partial charge in [0.1, 0.15) is 21.1 Å². The zero-order valence-electron chi connectivity index (χ0n) is 34.3. The van der Waals surface area contributed by atoms with Crippen molar-refractivity contribution < 1.29 is 19.1 Å². The lowest BCUT2D eigenvalue weighted by atomic mass is 10.1. The number of carbonyl (C=O) groups excluding carboxylic acids is 2. The molecule has 0 fully saturated rings. The minimum atomic E-state index is -0.634. The number of rotatable bonds is 24. The lowest BCUT2D eigenvalue weighted by molar-refractivity contribution is 0.0481. The van der Waals surface area contributed by atoms with E-state index in [-0.39, 0.29) is 24.3 Å². The molecule has 0 saturated carbocycles. The predicted octanol–water partition coefficient (Wildman–Crippen LogP) is 11.7. The third-order valence-electron chi connectivity index (χ3n) is 9.03. The van der Waals surface area contributed by atoms with Gasteiger partial charge in [-0.15, -0.1) is 0 Å². The van der Waals surface area contributed by atoms with Crippen molar-refractivity contribution in [3.63, 3.8) is 0 Å². The van der Waals surface area contributed by atoms with Gasteiger partial charge in [0.2, 0.25) is 11.9 Å². The standard InChI is InChI=1S/C44H66N6O4S/c1-7-13-23-31-49(32-24-14-8-2)43(45-35-27-19-17-20-28-35)47-39-37(41(51)53-11-5)38(42(52)54-12-6)40(55-39)48-44(46-36-29-21-18-22-30-36)50(33-25-15-9-3)34-26-16-10-4/h17-22,27-30H,7-16,23-26,31-34H2,1-6H3,(H,45,47)(H,46,48). The summed E-state index contributed by atoms with van der Waals surface area (Å²) in [4.78, 5) is 43.0. The molecule has 3 aromatic rings. The van der Waals surface area contributed by atoms with Crippen LogP contribution < -0.4 is 10.6 Å². The Morgan fingerprint density at radius 3 is 1.15 bits per heavy atom. The molecule has 0 saturated heterocycles. The lowest BCUT2D eigenvalue weighted by Crippen LogP contribution is -2.38. The molecule has 1 aromatic heterocycles. The van der Waals surface area contributed by atoms with Gasteiger partial charge in [0, 0.05) is 37.6 Å². The van der Waals surface area contributed by atoms with Crippen LogP contribution in [-0.2, 0) is 9.47 Å². The van der Waals surface area contributed by atoms with Crippen molar-refractivity contribution in [2.45, 2.75) is 119 Å². The van der Waals surface area contributed by atoms with Crippen LogP contribution in [0.4, 0.5) is 21.4 Å². The number of unbranched alkanes of at least 4 members (excludes halogenated alkanes) is 8. The summed E-state index contributed by atoms with van der Waals surface area (Å²) in [5, 5.41) is 7.83. The number of thiophene rings is 1. The Hall–Kier alpha value is -4.38. The van der Waals surface area contributed by atoms with Gasteiger partial charge < -0.3 is 29.9 Å². The summed E-state index contributed by atoms with van der Waals surface area (Å²) in [6.45, 7) is 15.8. The molecular weight excluding hydrogens is 709 g/mol. The maximum Gasteiger partial charge on any atom is 0.342 e. The number of para-hydroxylation sites is 2. The highest BCUT2D eigenvalue weighted by Crippen LogP contribution is 2.43. The lowest BCUT2D eigenvalue weighted by Gasteiger charge is -2.27. The van der Waals surface area contributed by atoms with E-state index in [0.29, 0.717) is 21.9 Å². The number of hydrogen-bond acceptors (Lipinski definition) is 7. The fraction of sp³-hybridized carbons (Fsp3) is 0.545. The third kappa shape index (κ3) is 15.3. The molecule has 1 heterocycles. The average Bonchev–Trinajstić information content (AvgIpc) is 3.55. The summed E-state index contributed by atoms with van der Waals surface area (Å²) in [5.41, 5.74) is 1.89. The number of nitrogens with one attached hydrogen (secondary N) is 2. The Bertz CT molecular complexity index is 1460. The van der Waals surface area contributed by atoms with Gasteiger partial charge in [-0.3, -0.25) is 0 Å². The first-order valence-electron chi connectivity index (χ1n) is 20.7. The maximum atomic E-state index is 14.0. The van der Waals surface area contributed by atoms with Crippen LogP contribution in [0.2, 0.25) is 0 Å². The molecule has 11 heteroatoms. The minimum Gasteiger partial charge on any atom is -0.462 e. The second-order valence-corrected chi connectivity index (χ2v) is 14.5. The molecule has 0 aliphatic rings. The number of anilines is 2. The fourth-order valence-corrected chi connectivity index (χ4v) is 7.08. The van der Waals surface area contributed by atoms with Gasteiger partial charge in [0.25, 0.3) is 0 Å². The smallest absolute Gasteiger partial charge is 0.342 e. The number of esters is 2. The Morgan fingerprint density at radius 1 is 0.527 bits per heavy atom. The third-order valence-corrected chi connectivity index (χ3v) is 10.0. The Balaban J connectivity index is 2.37. The zero-order valence-corrected chi connectivity index (χ0v) is 35.1. The molecule has 0 bridgehead atoms. The van der Waals surface area contributed by atoms with Crippen LogP contribution in [0.25, 0.3) is 0 Å². The molecule has 3 rings (SSSR count). The number of carbonyl (C=O) groups is 2. The number of guanidine groups is 2. The second-order valence-electron chi connectivity index (χ2n) is 13.6. The van der Waals surface area contributed by atoms with Gasteiger partial charge in [-0.1, -0.05) is 127 Å². The molecule has 55 heavy (non-hydrogen) atoms. The quantitative estimate of drug-likeness (QED) is 0.0401. The first kappa shape index (κ1) is 45.0. The molecule has 0 unspecified atom stereocenters. The average molecular weight is 775 g/mol. The van der Waals surface area contributed by atoms with Crippen molar-refractivity contribution in [2.75, 3.05) is 50.0 Å². The van der Waals surface area contributed by atoms with Gasteiger partial charge in [-0.2, -0.15) is 0 Å². The monoisotopic (exact) mass is 774 g/mol. The van der Waals surface area contributed by atoms with Crippen LogP contribution in [0, 0.1) is 0 Å². The maximum absolute atomic E-state index is 14.0. The summed E-state index contributed by atoms with van der Waals surface area (Å²) in [5.74, 6) is -0.0473. The summed E-state index contributed by atoms with van der Waals surface area (Å²) in [7, 11) is 0. The molecule has 0 amide bonds. The summed E-state index contributed by atoms with van der Waals surface area (Å²) < 4.78 is 11.3. The largest absolute Gasteiger partial charge is 0.462 e. The Kier molecular flexibility index (Phi) is 21.6. The van der Waals surface area contributed by atoms with Gasteiger partial charge in [-0.25, -0.2) is 19.6 Å². The van der Waals surface area contributed by atoms with E-state index in [2.05, 4.69) is 48.1 Å². The molecule has 0 radical (unpaired) electrons. The molecular formula is C44H66N6O4S. The van der Waals surface area contributed by atoms with E-state index in [1.165, 1.54) is 11.3 Å². The highest BCUT2D eigenvalue weighted by molar-refractivity contribution is 7.20. The van der Waals surface area contributed by atoms with Crippen molar-refractivity contribution >= 4 is 56.6 Å². The van der Waals surface area contributed by atoms with E-state index >= 15 is 0 Å². The second kappa shape index (κ2) is 26.4. The normalized spacial score (nSPS) is 11.7. The van der Waals surface area contributed by atoms with Crippen LogP contribution >= 0.6 is 11.3 Å².